The van der Waals surface area contributed by atoms with Gasteiger partial charge in [-0.15, -0.1) is 0 Å². The second-order valence-corrected chi connectivity index (χ2v) is 3.27. The zero-order chi connectivity index (χ0) is 8.10. The van der Waals surface area contributed by atoms with Crippen molar-refractivity contribution in [2.24, 2.45) is 5.92 Å². The summed E-state index contributed by atoms with van der Waals surface area (Å²) < 4.78 is 0. The Bertz CT molecular complexity index is 148. The van der Waals surface area contributed by atoms with Crippen LogP contribution >= 0.6 is 0 Å². The molecule has 0 saturated carbocycles. The summed E-state index contributed by atoms with van der Waals surface area (Å²) in [7, 11) is 0. The third kappa shape index (κ3) is 2.51. The van der Waals surface area contributed by atoms with Crippen LogP contribution in [0.1, 0.15) is 26.2 Å². The van der Waals surface area contributed by atoms with Gasteiger partial charge in [-0.25, -0.2) is 0 Å². The Morgan fingerprint density at radius 2 is 2.45 bits per heavy atom. The van der Waals surface area contributed by atoms with Crippen LogP contribution in [0.5, 0.6) is 0 Å². The Morgan fingerprint density at radius 1 is 1.64 bits per heavy atom. The number of nitriles is 1. The SMILES string of the molecule is CCC1CCN(CCC#N)C1. The van der Waals surface area contributed by atoms with Gasteiger partial charge in [0, 0.05) is 19.5 Å². The molecule has 62 valence electrons. The monoisotopic (exact) mass is 152 g/mol. The molecule has 1 unspecified atom stereocenters. The Labute approximate surface area is 68.8 Å². The highest BCUT2D eigenvalue weighted by Crippen LogP contribution is 2.18. The first-order valence-corrected chi connectivity index (χ1v) is 4.46. The number of likely N-dealkylation sites (tertiary alicyclic amines) is 1. The summed E-state index contributed by atoms with van der Waals surface area (Å²) in [5, 5.41) is 8.37. The summed E-state index contributed by atoms with van der Waals surface area (Å²) in [6.45, 7) is 5.66. The molecule has 2 heteroatoms. The van der Waals surface area contributed by atoms with Crippen LogP contribution in [0.4, 0.5) is 0 Å². The fourth-order valence-electron chi connectivity index (χ4n) is 1.66. The van der Waals surface area contributed by atoms with Crippen molar-refractivity contribution >= 4 is 0 Å². The first-order chi connectivity index (χ1) is 5.36. The minimum absolute atomic E-state index is 0.691. The average molecular weight is 152 g/mol. The van der Waals surface area contributed by atoms with Gasteiger partial charge in [-0.1, -0.05) is 13.3 Å². The van der Waals surface area contributed by atoms with Crippen LogP contribution in [0.2, 0.25) is 0 Å². The maximum atomic E-state index is 8.37. The third-order valence-corrected chi connectivity index (χ3v) is 2.49. The molecule has 1 fully saturated rings. The Kier molecular flexibility index (Phi) is 3.38. The smallest absolute Gasteiger partial charge is 0.0635 e. The summed E-state index contributed by atoms with van der Waals surface area (Å²) >= 11 is 0. The first kappa shape index (κ1) is 8.55. The normalized spacial score (nSPS) is 25.3. The summed E-state index contributed by atoms with van der Waals surface area (Å²) in [5.74, 6) is 0.897. The van der Waals surface area contributed by atoms with E-state index in [9.17, 15) is 0 Å². The summed E-state index contributed by atoms with van der Waals surface area (Å²) in [4.78, 5) is 2.40. The zero-order valence-corrected chi connectivity index (χ0v) is 7.21. The molecule has 1 aliphatic rings. The number of nitrogens with zero attached hydrogens (tertiary/aromatic N) is 2. The van der Waals surface area contributed by atoms with Crippen molar-refractivity contribution in [3.8, 4) is 6.07 Å². The lowest BCUT2D eigenvalue weighted by atomic mass is 10.1. The summed E-state index contributed by atoms with van der Waals surface area (Å²) in [6.07, 6.45) is 3.32. The molecule has 1 atom stereocenters. The molecule has 0 aromatic rings. The number of hydrogen-bond donors (Lipinski definition) is 0. The van der Waals surface area contributed by atoms with E-state index in [1.807, 2.05) is 0 Å². The van der Waals surface area contributed by atoms with Crippen molar-refractivity contribution in [3.63, 3.8) is 0 Å². The molecular weight excluding hydrogens is 136 g/mol. The van der Waals surface area contributed by atoms with Gasteiger partial charge in [-0.05, 0) is 18.9 Å². The largest absolute Gasteiger partial charge is 0.302 e. The number of hydrogen-bond acceptors (Lipinski definition) is 2. The predicted molar refractivity (Wildman–Crippen MR) is 45.1 cm³/mol. The molecule has 0 amide bonds. The van der Waals surface area contributed by atoms with Crippen LogP contribution in [-0.4, -0.2) is 24.5 Å². The van der Waals surface area contributed by atoms with Gasteiger partial charge in [-0.2, -0.15) is 5.26 Å². The van der Waals surface area contributed by atoms with Crippen LogP contribution in [-0.2, 0) is 0 Å². The van der Waals surface area contributed by atoms with Gasteiger partial charge in [0.05, 0.1) is 6.07 Å². The Morgan fingerprint density at radius 3 is 3.00 bits per heavy atom. The molecular formula is C9H16N2. The maximum absolute atomic E-state index is 8.37. The molecule has 0 N–H and O–H groups in total. The van der Waals surface area contributed by atoms with Gasteiger partial charge in [0.15, 0.2) is 0 Å². The van der Waals surface area contributed by atoms with Gasteiger partial charge in [0.25, 0.3) is 0 Å². The van der Waals surface area contributed by atoms with Gasteiger partial charge in [0.2, 0.25) is 0 Å². The van der Waals surface area contributed by atoms with Crippen molar-refractivity contribution < 1.29 is 0 Å². The first-order valence-electron chi connectivity index (χ1n) is 4.46. The molecule has 1 rings (SSSR count). The van der Waals surface area contributed by atoms with Crippen LogP contribution in [0.15, 0.2) is 0 Å². The lowest BCUT2D eigenvalue weighted by Gasteiger charge is -2.12. The molecule has 0 radical (unpaired) electrons. The summed E-state index contributed by atoms with van der Waals surface area (Å²) in [6, 6.07) is 2.19. The molecule has 0 bridgehead atoms. The highest BCUT2D eigenvalue weighted by Gasteiger charge is 2.19. The average Bonchev–Trinajstić information content (AvgIpc) is 2.48. The van der Waals surface area contributed by atoms with E-state index in [2.05, 4.69) is 17.9 Å². The van der Waals surface area contributed by atoms with E-state index in [1.165, 1.54) is 25.9 Å². The van der Waals surface area contributed by atoms with Gasteiger partial charge >= 0.3 is 0 Å². The zero-order valence-electron chi connectivity index (χ0n) is 7.21. The highest BCUT2D eigenvalue weighted by molar-refractivity contribution is 4.78. The highest BCUT2D eigenvalue weighted by atomic mass is 15.1. The lowest BCUT2D eigenvalue weighted by Crippen LogP contribution is -2.21. The van der Waals surface area contributed by atoms with Crippen molar-refractivity contribution in [2.45, 2.75) is 26.2 Å². The van der Waals surface area contributed by atoms with Crippen LogP contribution in [0, 0.1) is 17.2 Å². The van der Waals surface area contributed by atoms with Crippen molar-refractivity contribution in [2.75, 3.05) is 19.6 Å². The van der Waals surface area contributed by atoms with E-state index in [0.29, 0.717) is 6.42 Å². The Balaban J connectivity index is 2.15. The molecule has 2 nitrogen and oxygen atoms in total. The minimum Gasteiger partial charge on any atom is -0.302 e. The van der Waals surface area contributed by atoms with Crippen LogP contribution in [0.25, 0.3) is 0 Å². The quantitative estimate of drug-likeness (QED) is 0.614. The third-order valence-electron chi connectivity index (χ3n) is 2.49. The topological polar surface area (TPSA) is 27.0 Å². The van der Waals surface area contributed by atoms with E-state index in [-0.39, 0.29) is 0 Å². The molecule has 0 aromatic carbocycles. The van der Waals surface area contributed by atoms with Crippen molar-refractivity contribution in [1.82, 2.24) is 4.90 Å². The fourth-order valence-corrected chi connectivity index (χ4v) is 1.66. The van der Waals surface area contributed by atoms with Gasteiger partial charge in [-0.3, -0.25) is 0 Å². The Hall–Kier alpha value is -0.550. The standard InChI is InChI=1S/C9H16N2/c1-2-9-4-7-11(8-9)6-3-5-10/h9H,2-4,6-8H2,1H3. The molecule has 0 spiro atoms. The number of rotatable bonds is 3. The molecule has 1 heterocycles. The van der Waals surface area contributed by atoms with E-state index in [4.69, 9.17) is 5.26 Å². The second kappa shape index (κ2) is 4.35. The molecule has 0 aliphatic carbocycles. The van der Waals surface area contributed by atoms with Gasteiger partial charge in [0.1, 0.15) is 0 Å². The van der Waals surface area contributed by atoms with E-state index in [1.54, 1.807) is 0 Å². The second-order valence-electron chi connectivity index (χ2n) is 3.27. The van der Waals surface area contributed by atoms with Crippen LogP contribution < -0.4 is 0 Å². The van der Waals surface area contributed by atoms with Crippen LogP contribution in [0.3, 0.4) is 0 Å². The lowest BCUT2D eigenvalue weighted by molar-refractivity contribution is 0.330. The van der Waals surface area contributed by atoms with E-state index in [0.717, 1.165) is 12.5 Å². The molecule has 1 aliphatic heterocycles. The van der Waals surface area contributed by atoms with Crippen molar-refractivity contribution in [3.05, 3.63) is 0 Å². The predicted octanol–water partition coefficient (Wildman–Crippen LogP) is 1.63. The molecule has 0 aromatic heterocycles. The van der Waals surface area contributed by atoms with E-state index < -0.39 is 0 Å². The maximum Gasteiger partial charge on any atom is 0.0635 e. The minimum atomic E-state index is 0.691. The summed E-state index contributed by atoms with van der Waals surface area (Å²) in [5.41, 5.74) is 0. The fraction of sp³-hybridized carbons (Fsp3) is 0.889. The molecule has 1 saturated heterocycles. The van der Waals surface area contributed by atoms with Gasteiger partial charge < -0.3 is 4.90 Å². The van der Waals surface area contributed by atoms with E-state index >= 15 is 0 Å². The molecule has 11 heavy (non-hydrogen) atoms. The van der Waals surface area contributed by atoms with Crippen molar-refractivity contribution in [1.29, 1.82) is 5.26 Å².